The summed E-state index contributed by atoms with van der Waals surface area (Å²) in [5, 5.41) is 9.73. The fourth-order valence-corrected chi connectivity index (χ4v) is 1.76. The molecule has 0 saturated carbocycles. The molecule has 0 fully saturated rings. The van der Waals surface area contributed by atoms with Crippen molar-refractivity contribution in [3.8, 4) is 6.07 Å². The molecule has 2 aromatic rings. The van der Waals surface area contributed by atoms with E-state index in [0.29, 0.717) is 6.54 Å². The first-order valence-electron chi connectivity index (χ1n) is 3.92. The molecule has 0 unspecified atom stereocenters. The first kappa shape index (κ1) is 8.33. The second-order valence-electron chi connectivity index (χ2n) is 2.80. The molecule has 1 aromatic carbocycles. The lowest BCUT2D eigenvalue weighted by Crippen LogP contribution is -1.91. The number of aromatic nitrogens is 1. The molecule has 1 heterocycles. The SMILES string of the molecule is N#CCn1ccc2cc(Br)ccc21. The Labute approximate surface area is 84.5 Å². The van der Waals surface area contributed by atoms with E-state index in [-0.39, 0.29) is 0 Å². The standard InChI is InChI=1S/C10H7BrN2/c11-9-1-2-10-8(7-9)3-5-13(10)6-4-12/h1-3,5,7H,6H2. The van der Waals surface area contributed by atoms with Crippen LogP contribution in [0.2, 0.25) is 0 Å². The number of nitriles is 1. The first-order chi connectivity index (χ1) is 6.31. The minimum absolute atomic E-state index is 0.408. The zero-order chi connectivity index (χ0) is 9.26. The summed E-state index contributed by atoms with van der Waals surface area (Å²) in [4.78, 5) is 0. The summed E-state index contributed by atoms with van der Waals surface area (Å²) in [6, 6.07) is 10.2. The van der Waals surface area contributed by atoms with Gasteiger partial charge in [-0.1, -0.05) is 15.9 Å². The first-order valence-corrected chi connectivity index (χ1v) is 4.72. The van der Waals surface area contributed by atoms with E-state index in [2.05, 4.69) is 22.0 Å². The van der Waals surface area contributed by atoms with E-state index in [1.807, 2.05) is 35.0 Å². The highest BCUT2D eigenvalue weighted by Gasteiger charge is 1.99. The summed E-state index contributed by atoms with van der Waals surface area (Å²) < 4.78 is 3.00. The second kappa shape index (κ2) is 3.23. The third kappa shape index (κ3) is 1.45. The molecule has 0 spiro atoms. The Morgan fingerprint density at radius 3 is 3.00 bits per heavy atom. The van der Waals surface area contributed by atoms with Crippen molar-refractivity contribution in [2.45, 2.75) is 6.54 Å². The normalized spacial score (nSPS) is 10.2. The highest BCUT2D eigenvalue weighted by molar-refractivity contribution is 9.10. The van der Waals surface area contributed by atoms with Crippen molar-refractivity contribution in [1.82, 2.24) is 4.57 Å². The minimum atomic E-state index is 0.408. The van der Waals surface area contributed by atoms with Crippen LogP contribution in [0, 0.1) is 11.3 Å². The maximum absolute atomic E-state index is 8.57. The lowest BCUT2D eigenvalue weighted by Gasteiger charge is -1.98. The molecule has 1 aromatic heterocycles. The lowest BCUT2D eigenvalue weighted by atomic mass is 10.2. The topological polar surface area (TPSA) is 28.7 Å². The second-order valence-corrected chi connectivity index (χ2v) is 3.72. The van der Waals surface area contributed by atoms with Crippen LogP contribution in [-0.4, -0.2) is 4.57 Å². The summed E-state index contributed by atoms with van der Waals surface area (Å²) in [5.74, 6) is 0. The van der Waals surface area contributed by atoms with Crippen molar-refractivity contribution in [3.05, 3.63) is 34.9 Å². The Morgan fingerprint density at radius 2 is 2.23 bits per heavy atom. The summed E-state index contributed by atoms with van der Waals surface area (Å²) in [6.07, 6.45) is 1.93. The maximum atomic E-state index is 8.57. The quantitative estimate of drug-likeness (QED) is 0.746. The average molecular weight is 235 g/mol. The van der Waals surface area contributed by atoms with Gasteiger partial charge in [0.2, 0.25) is 0 Å². The van der Waals surface area contributed by atoms with Gasteiger partial charge in [-0.25, -0.2) is 0 Å². The maximum Gasteiger partial charge on any atom is 0.110 e. The van der Waals surface area contributed by atoms with Crippen LogP contribution in [0.4, 0.5) is 0 Å². The Kier molecular flexibility index (Phi) is 2.07. The molecule has 0 aliphatic carbocycles. The number of hydrogen-bond acceptors (Lipinski definition) is 1. The molecule has 2 rings (SSSR count). The Bertz CT molecular complexity index is 479. The summed E-state index contributed by atoms with van der Waals surface area (Å²) in [7, 11) is 0. The number of halogens is 1. The van der Waals surface area contributed by atoms with Crippen LogP contribution in [0.5, 0.6) is 0 Å². The summed E-state index contributed by atoms with van der Waals surface area (Å²) in [6.45, 7) is 0.408. The highest BCUT2D eigenvalue weighted by atomic mass is 79.9. The summed E-state index contributed by atoms with van der Waals surface area (Å²) in [5.41, 5.74) is 1.10. The molecular weight excluding hydrogens is 228 g/mol. The van der Waals surface area contributed by atoms with E-state index < -0.39 is 0 Å². The molecule has 0 N–H and O–H groups in total. The van der Waals surface area contributed by atoms with Crippen LogP contribution in [0.15, 0.2) is 34.9 Å². The Morgan fingerprint density at radius 1 is 1.38 bits per heavy atom. The van der Waals surface area contributed by atoms with E-state index in [1.165, 1.54) is 0 Å². The number of hydrogen-bond donors (Lipinski definition) is 0. The van der Waals surface area contributed by atoms with Gasteiger partial charge >= 0.3 is 0 Å². The van der Waals surface area contributed by atoms with Crippen LogP contribution in [0.25, 0.3) is 10.9 Å². The van der Waals surface area contributed by atoms with Crippen molar-refractivity contribution in [2.75, 3.05) is 0 Å². The molecule has 0 bridgehead atoms. The van der Waals surface area contributed by atoms with Crippen LogP contribution < -0.4 is 0 Å². The smallest absolute Gasteiger partial charge is 0.110 e. The molecule has 64 valence electrons. The van der Waals surface area contributed by atoms with E-state index >= 15 is 0 Å². The van der Waals surface area contributed by atoms with Crippen LogP contribution in [0.3, 0.4) is 0 Å². The molecule has 2 nitrogen and oxygen atoms in total. The van der Waals surface area contributed by atoms with E-state index in [9.17, 15) is 0 Å². The largest absolute Gasteiger partial charge is 0.334 e. The zero-order valence-electron chi connectivity index (χ0n) is 6.87. The van der Waals surface area contributed by atoms with Gasteiger partial charge in [-0.05, 0) is 24.3 Å². The van der Waals surface area contributed by atoms with Crippen LogP contribution >= 0.6 is 15.9 Å². The summed E-state index contributed by atoms with van der Waals surface area (Å²) >= 11 is 3.41. The number of rotatable bonds is 1. The highest BCUT2D eigenvalue weighted by Crippen LogP contribution is 2.20. The average Bonchev–Trinajstić information content (AvgIpc) is 2.49. The van der Waals surface area contributed by atoms with Crippen molar-refractivity contribution >= 4 is 26.8 Å². The predicted octanol–water partition coefficient (Wildman–Crippen LogP) is 2.93. The van der Waals surface area contributed by atoms with Crippen LogP contribution in [-0.2, 0) is 6.54 Å². The van der Waals surface area contributed by atoms with E-state index in [1.54, 1.807) is 0 Å². The Balaban J connectivity index is 2.63. The van der Waals surface area contributed by atoms with Gasteiger partial charge in [-0.3, -0.25) is 0 Å². The van der Waals surface area contributed by atoms with Gasteiger partial charge in [0.15, 0.2) is 0 Å². The van der Waals surface area contributed by atoms with Crippen molar-refractivity contribution in [2.24, 2.45) is 0 Å². The van der Waals surface area contributed by atoms with Crippen molar-refractivity contribution in [1.29, 1.82) is 5.26 Å². The zero-order valence-corrected chi connectivity index (χ0v) is 8.45. The molecule has 13 heavy (non-hydrogen) atoms. The van der Waals surface area contributed by atoms with E-state index in [0.717, 1.165) is 15.4 Å². The van der Waals surface area contributed by atoms with Gasteiger partial charge in [0.25, 0.3) is 0 Å². The van der Waals surface area contributed by atoms with Gasteiger partial charge in [0.05, 0.1) is 6.07 Å². The van der Waals surface area contributed by atoms with Gasteiger partial charge in [0, 0.05) is 21.6 Å². The van der Waals surface area contributed by atoms with Gasteiger partial charge in [-0.2, -0.15) is 5.26 Å². The third-order valence-corrected chi connectivity index (χ3v) is 2.47. The molecule has 0 atom stereocenters. The molecule has 0 amide bonds. The van der Waals surface area contributed by atoms with Gasteiger partial charge in [-0.15, -0.1) is 0 Å². The molecule has 0 saturated heterocycles. The lowest BCUT2D eigenvalue weighted by molar-refractivity contribution is 0.874. The number of benzene rings is 1. The third-order valence-electron chi connectivity index (χ3n) is 1.97. The molecule has 0 aliphatic rings. The van der Waals surface area contributed by atoms with Gasteiger partial charge < -0.3 is 4.57 Å². The van der Waals surface area contributed by atoms with E-state index in [4.69, 9.17) is 5.26 Å². The fraction of sp³-hybridized carbons (Fsp3) is 0.100. The van der Waals surface area contributed by atoms with Gasteiger partial charge in [0.1, 0.15) is 6.54 Å². The minimum Gasteiger partial charge on any atom is -0.334 e. The van der Waals surface area contributed by atoms with Crippen molar-refractivity contribution in [3.63, 3.8) is 0 Å². The van der Waals surface area contributed by atoms with Crippen LogP contribution in [0.1, 0.15) is 0 Å². The monoisotopic (exact) mass is 234 g/mol. The molecule has 3 heteroatoms. The fourth-order valence-electron chi connectivity index (χ4n) is 1.39. The Hall–Kier alpha value is -1.27. The molecule has 0 radical (unpaired) electrons. The predicted molar refractivity (Wildman–Crippen MR) is 55.3 cm³/mol. The van der Waals surface area contributed by atoms with Crippen molar-refractivity contribution < 1.29 is 0 Å². The number of fused-ring (bicyclic) bond motifs is 1. The number of nitrogens with zero attached hydrogens (tertiary/aromatic N) is 2. The molecule has 0 aliphatic heterocycles. The molecular formula is C10H7BrN2.